The van der Waals surface area contributed by atoms with Gasteiger partial charge in [-0.2, -0.15) is 10.1 Å². The Bertz CT molecular complexity index is 1090. The molecule has 0 unspecified atom stereocenters. The molecule has 1 saturated heterocycles. The average molecular weight is 391 g/mol. The molecule has 29 heavy (non-hydrogen) atoms. The van der Waals surface area contributed by atoms with Crippen molar-refractivity contribution >= 4 is 23.7 Å². The molecule has 0 radical (unpaired) electrons. The first kappa shape index (κ1) is 17.5. The van der Waals surface area contributed by atoms with Gasteiger partial charge in [0.05, 0.1) is 23.0 Å². The number of carbonyl (C=O) groups is 2. The van der Waals surface area contributed by atoms with E-state index in [1.807, 2.05) is 12.2 Å². The number of hydrazone groups is 1. The summed E-state index contributed by atoms with van der Waals surface area (Å²) >= 11 is 0. The third kappa shape index (κ3) is 2.63. The fourth-order valence-electron chi connectivity index (χ4n) is 4.65. The number of nitro benzene ring substituents is 1. The lowest BCUT2D eigenvalue weighted by molar-refractivity contribution is -0.385. The van der Waals surface area contributed by atoms with Crippen LogP contribution >= 0.6 is 0 Å². The summed E-state index contributed by atoms with van der Waals surface area (Å²) < 4.78 is 5.69. The molecule has 4 atom stereocenters. The standard InChI is InChI=1S/C21H17N3O5/c1-11-2-3-12(9-16(11)24(27)28)17-7-6-15(29-17)10-22-23-20(25)18-13-4-5-14(8-13)19(18)21(23)26/h2-7,9-10,13-14,18-19H,8H2,1H3/b22-10-/t13-,14-,18+,19+/m0/s1. The Balaban J connectivity index is 1.37. The van der Waals surface area contributed by atoms with Crippen molar-refractivity contribution in [1.29, 1.82) is 0 Å². The fraction of sp³-hybridized carbons (Fsp3) is 0.286. The second kappa shape index (κ2) is 6.23. The van der Waals surface area contributed by atoms with Crippen LogP contribution in [0.2, 0.25) is 0 Å². The second-order valence-electron chi connectivity index (χ2n) is 7.69. The van der Waals surface area contributed by atoms with Gasteiger partial charge in [-0.05, 0) is 37.3 Å². The third-order valence-electron chi connectivity index (χ3n) is 6.06. The van der Waals surface area contributed by atoms with Crippen molar-refractivity contribution in [1.82, 2.24) is 5.01 Å². The third-order valence-corrected chi connectivity index (χ3v) is 6.06. The molecule has 146 valence electrons. The summed E-state index contributed by atoms with van der Waals surface area (Å²) in [5.41, 5.74) is 1.14. The van der Waals surface area contributed by atoms with Crippen LogP contribution in [0.3, 0.4) is 0 Å². The van der Waals surface area contributed by atoms with Gasteiger partial charge in [-0.15, -0.1) is 0 Å². The number of hydrogen-bond acceptors (Lipinski definition) is 6. The van der Waals surface area contributed by atoms with Gasteiger partial charge in [0.15, 0.2) is 0 Å². The minimum atomic E-state index is -0.437. The number of nitro groups is 1. The topological polar surface area (TPSA) is 106 Å². The van der Waals surface area contributed by atoms with Gasteiger partial charge in [-0.3, -0.25) is 19.7 Å². The van der Waals surface area contributed by atoms with Gasteiger partial charge in [0.1, 0.15) is 11.5 Å². The number of nitrogens with zero attached hydrogens (tertiary/aromatic N) is 3. The molecule has 2 aromatic rings. The number of imide groups is 1. The summed E-state index contributed by atoms with van der Waals surface area (Å²) in [5.74, 6) is -0.0500. The molecule has 0 spiro atoms. The molecule has 3 aliphatic rings. The molecule has 1 aromatic heterocycles. The molecule has 2 fully saturated rings. The maximum Gasteiger partial charge on any atom is 0.273 e. The Labute approximate surface area is 165 Å². The summed E-state index contributed by atoms with van der Waals surface area (Å²) in [6.07, 6.45) is 6.26. The zero-order valence-corrected chi connectivity index (χ0v) is 15.5. The van der Waals surface area contributed by atoms with E-state index >= 15 is 0 Å². The highest BCUT2D eigenvalue weighted by Crippen LogP contribution is 2.52. The van der Waals surface area contributed by atoms with Crippen molar-refractivity contribution in [2.24, 2.45) is 28.8 Å². The van der Waals surface area contributed by atoms with Gasteiger partial charge in [-0.25, -0.2) is 0 Å². The number of hydrogen-bond donors (Lipinski definition) is 0. The van der Waals surface area contributed by atoms with Gasteiger partial charge in [0, 0.05) is 17.2 Å². The fourth-order valence-corrected chi connectivity index (χ4v) is 4.65. The lowest BCUT2D eigenvalue weighted by atomic mass is 9.85. The number of aryl methyl sites for hydroxylation is 1. The maximum atomic E-state index is 12.6. The Morgan fingerprint density at radius 1 is 1.14 bits per heavy atom. The second-order valence-corrected chi connectivity index (χ2v) is 7.69. The van der Waals surface area contributed by atoms with E-state index in [1.165, 1.54) is 12.3 Å². The molecule has 8 heteroatoms. The summed E-state index contributed by atoms with van der Waals surface area (Å²) in [7, 11) is 0. The van der Waals surface area contributed by atoms with Crippen molar-refractivity contribution in [2.75, 3.05) is 0 Å². The molecule has 0 N–H and O–H groups in total. The number of allylic oxidation sites excluding steroid dienone is 2. The molecule has 2 amide bonds. The van der Waals surface area contributed by atoms with E-state index < -0.39 is 4.92 Å². The van der Waals surface area contributed by atoms with Crippen molar-refractivity contribution < 1.29 is 18.9 Å². The van der Waals surface area contributed by atoms with Crippen LogP contribution in [0, 0.1) is 40.7 Å². The lowest BCUT2D eigenvalue weighted by Gasteiger charge is -2.13. The Morgan fingerprint density at radius 3 is 2.48 bits per heavy atom. The van der Waals surface area contributed by atoms with Crippen molar-refractivity contribution in [3.05, 3.63) is 63.9 Å². The number of furan rings is 1. The summed E-state index contributed by atoms with van der Waals surface area (Å²) in [5, 5.41) is 16.2. The van der Waals surface area contributed by atoms with E-state index in [1.54, 1.807) is 31.2 Å². The quantitative estimate of drug-likeness (QED) is 0.261. The van der Waals surface area contributed by atoms with Gasteiger partial charge < -0.3 is 4.42 Å². The van der Waals surface area contributed by atoms with E-state index in [0.717, 1.165) is 11.4 Å². The smallest absolute Gasteiger partial charge is 0.273 e. The van der Waals surface area contributed by atoms with Crippen LogP contribution in [-0.4, -0.2) is 28.0 Å². The molecule has 5 rings (SSSR count). The molecule has 2 bridgehead atoms. The van der Waals surface area contributed by atoms with Crippen LogP contribution in [-0.2, 0) is 9.59 Å². The minimum absolute atomic E-state index is 0.0113. The molecule has 2 aliphatic carbocycles. The van der Waals surface area contributed by atoms with Crippen molar-refractivity contribution in [3.8, 4) is 11.3 Å². The monoisotopic (exact) mass is 391 g/mol. The molecule has 1 saturated carbocycles. The van der Waals surface area contributed by atoms with E-state index in [2.05, 4.69) is 5.10 Å². The number of carbonyl (C=O) groups excluding carboxylic acids is 2. The Kier molecular flexibility index (Phi) is 3.77. The van der Waals surface area contributed by atoms with Gasteiger partial charge in [0.25, 0.3) is 17.5 Å². The van der Waals surface area contributed by atoms with Crippen LogP contribution in [0.15, 0.2) is 52.0 Å². The SMILES string of the molecule is Cc1ccc(-c2ccc(/C=N\N3C(=O)[C@H]4[C@H](C3=O)[C@H]3C=C[C@H]4C3)o2)cc1[N+](=O)[O-]. The first-order valence-electron chi connectivity index (χ1n) is 9.39. The molecular formula is C21H17N3O5. The van der Waals surface area contributed by atoms with Gasteiger partial charge >= 0.3 is 0 Å². The van der Waals surface area contributed by atoms with E-state index in [-0.39, 0.29) is 41.2 Å². The zero-order chi connectivity index (χ0) is 20.3. The highest BCUT2D eigenvalue weighted by atomic mass is 16.6. The average Bonchev–Trinajstić information content (AvgIpc) is 3.46. The largest absolute Gasteiger partial charge is 0.455 e. The van der Waals surface area contributed by atoms with Crippen LogP contribution in [0.25, 0.3) is 11.3 Å². The van der Waals surface area contributed by atoms with Crippen molar-refractivity contribution in [2.45, 2.75) is 13.3 Å². The van der Waals surface area contributed by atoms with Crippen LogP contribution in [0.4, 0.5) is 5.69 Å². The molecule has 8 nitrogen and oxygen atoms in total. The number of rotatable bonds is 4. The summed E-state index contributed by atoms with van der Waals surface area (Å²) in [6.45, 7) is 1.67. The van der Waals surface area contributed by atoms with Gasteiger partial charge in [0.2, 0.25) is 0 Å². The lowest BCUT2D eigenvalue weighted by Crippen LogP contribution is -2.28. The first-order chi connectivity index (χ1) is 13.9. The Hall–Kier alpha value is -3.55. The molecular weight excluding hydrogens is 374 g/mol. The zero-order valence-electron chi connectivity index (χ0n) is 15.5. The van der Waals surface area contributed by atoms with E-state index in [0.29, 0.717) is 22.6 Å². The summed E-state index contributed by atoms with van der Waals surface area (Å²) in [4.78, 5) is 36.0. The molecule has 2 heterocycles. The van der Waals surface area contributed by atoms with Crippen molar-refractivity contribution in [3.63, 3.8) is 0 Å². The Morgan fingerprint density at radius 2 is 1.83 bits per heavy atom. The number of amides is 2. The normalized spacial score (nSPS) is 27.4. The predicted molar refractivity (Wildman–Crippen MR) is 103 cm³/mol. The van der Waals surface area contributed by atoms with E-state index in [4.69, 9.17) is 4.42 Å². The van der Waals surface area contributed by atoms with Crippen LogP contribution in [0.5, 0.6) is 0 Å². The summed E-state index contributed by atoms with van der Waals surface area (Å²) in [6, 6.07) is 8.16. The number of benzene rings is 1. The number of fused-ring (bicyclic) bond motifs is 5. The predicted octanol–water partition coefficient (Wildman–Crippen LogP) is 3.30. The maximum absolute atomic E-state index is 12.6. The first-order valence-corrected chi connectivity index (χ1v) is 9.39. The van der Waals surface area contributed by atoms with Crippen LogP contribution < -0.4 is 0 Å². The highest BCUT2D eigenvalue weighted by Gasteiger charge is 2.59. The highest BCUT2D eigenvalue weighted by molar-refractivity contribution is 6.06. The van der Waals surface area contributed by atoms with E-state index in [9.17, 15) is 19.7 Å². The van der Waals surface area contributed by atoms with Crippen LogP contribution in [0.1, 0.15) is 17.7 Å². The molecule has 1 aromatic carbocycles. The molecule has 1 aliphatic heterocycles. The minimum Gasteiger partial charge on any atom is -0.455 e. The van der Waals surface area contributed by atoms with Gasteiger partial charge in [-0.1, -0.05) is 24.3 Å².